The van der Waals surface area contributed by atoms with Crippen molar-refractivity contribution in [2.45, 2.75) is 13.3 Å². The van der Waals surface area contributed by atoms with E-state index in [0.29, 0.717) is 17.8 Å². The van der Waals surface area contributed by atoms with E-state index in [1.165, 1.54) is 35.3 Å². The van der Waals surface area contributed by atoms with Crippen LogP contribution in [0, 0.1) is 0 Å². The highest BCUT2D eigenvalue weighted by Gasteiger charge is 2.30. The Bertz CT molecular complexity index is 936. The SMILES string of the molecule is CCNC(=O)c1ncn(-c2cccc(-c3ccc(OC(F)(F)F)cc3)c2)n1. The van der Waals surface area contributed by atoms with E-state index < -0.39 is 6.36 Å². The molecule has 1 heterocycles. The van der Waals surface area contributed by atoms with Crippen molar-refractivity contribution in [3.63, 3.8) is 0 Å². The molecule has 0 atom stereocenters. The first kappa shape index (κ1) is 18.4. The molecular weight excluding hydrogens is 361 g/mol. The maximum absolute atomic E-state index is 12.2. The molecule has 0 spiro atoms. The van der Waals surface area contributed by atoms with Gasteiger partial charge in [-0.05, 0) is 42.3 Å². The van der Waals surface area contributed by atoms with Crippen molar-refractivity contribution < 1.29 is 22.7 Å². The maximum Gasteiger partial charge on any atom is 0.573 e. The van der Waals surface area contributed by atoms with Crippen molar-refractivity contribution in [3.05, 3.63) is 60.7 Å². The smallest absolute Gasteiger partial charge is 0.406 e. The van der Waals surface area contributed by atoms with Crippen LogP contribution in [0.5, 0.6) is 5.75 Å². The van der Waals surface area contributed by atoms with Gasteiger partial charge >= 0.3 is 6.36 Å². The van der Waals surface area contributed by atoms with Crippen LogP contribution in [-0.2, 0) is 0 Å². The zero-order valence-electron chi connectivity index (χ0n) is 14.2. The largest absolute Gasteiger partial charge is 0.573 e. The molecule has 0 aliphatic rings. The van der Waals surface area contributed by atoms with E-state index in [4.69, 9.17) is 0 Å². The van der Waals surface area contributed by atoms with Gasteiger partial charge < -0.3 is 10.1 Å². The minimum Gasteiger partial charge on any atom is -0.406 e. The Labute approximate surface area is 152 Å². The molecule has 0 aliphatic heterocycles. The van der Waals surface area contributed by atoms with Gasteiger partial charge in [0.15, 0.2) is 0 Å². The van der Waals surface area contributed by atoms with Gasteiger partial charge in [-0.1, -0.05) is 24.3 Å². The van der Waals surface area contributed by atoms with Gasteiger partial charge in [0.05, 0.1) is 5.69 Å². The highest BCUT2D eigenvalue weighted by Crippen LogP contribution is 2.27. The second kappa shape index (κ2) is 7.48. The van der Waals surface area contributed by atoms with Crippen LogP contribution in [0.15, 0.2) is 54.9 Å². The zero-order chi connectivity index (χ0) is 19.4. The highest BCUT2D eigenvalue weighted by molar-refractivity contribution is 5.90. The molecule has 2 aromatic carbocycles. The van der Waals surface area contributed by atoms with Crippen LogP contribution in [0.4, 0.5) is 13.2 Å². The van der Waals surface area contributed by atoms with E-state index >= 15 is 0 Å². The third-order valence-electron chi connectivity index (χ3n) is 3.56. The van der Waals surface area contributed by atoms with Gasteiger partial charge in [0.2, 0.25) is 5.82 Å². The van der Waals surface area contributed by atoms with Gasteiger partial charge in [-0.15, -0.1) is 18.3 Å². The monoisotopic (exact) mass is 376 g/mol. The van der Waals surface area contributed by atoms with Gasteiger partial charge in [-0.2, -0.15) is 0 Å². The molecule has 0 radical (unpaired) electrons. The number of ether oxygens (including phenoxy) is 1. The van der Waals surface area contributed by atoms with Crippen LogP contribution >= 0.6 is 0 Å². The number of benzene rings is 2. The fourth-order valence-corrected chi connectivity index (χ4v) is 2.41. The lowest BCUT2D eigenvalue weighted by molar-refractivity contribution is -0.274. The van der Waals surface area contributed by atoms with E-state index in [2.05, 4.69) is 20.1 Å². The van der Waals surface area contributed by atoms with Crippen LogP contribution in [0.2, 0.25) is 0 Å². The van der Waals surface area contributed by atoms with E-state index in [1.807, 2.05) is 6.07 Å². The molecule has 140 valence electrons. The Morgan fingerprint density at radius 3 is 2.56 bits per heavy atom. The van der Waals surface area contributed by atoms with Crippen LogP contribution in [-0.4, -0.2) is 33.6 Å². The average molecular weight is 376 g/mol. The van der Waals surface area contributed by atoms with Gasteiger partial charge in [-0.25, -0.2) is 9.67 Å². The Kier molecular flexibility index (Phi) is 5.11. The summed E-state index contributed by atoms with van der Waals surface area (Å²) < 4.78 is 42.1. The number of nitrogens with one attached hydrogen (secondary N) is 1. The molecule has 0 unspecified atom stereocenters. The molecule has 6 nitrogen and oxygen atoms in total. The first-order valence-corrected chi connectivity index (χ1v) is 8.02. The summed E-state index contributed by atoms with van der Waals surface area (Å²) in [5.41, 5.74) is 2.13. The molecular formula is C18H15F3N4O2. The highest BCUT2D eigenvalue weighted by atomic mass is 19.4. The second-order valence-corrected chi connectivity index (χ2v) is 5.49. The van der Waals surface area contributed by atoms with Gasteiger partial charge in [-0.3, -0.25) is 4.79 Å². The molecule has 1 amide bonds. The number of halogens is 3. The fourth-order valence-electron chi connectivity index (χ4n) is 2.41. The lowest BCUT2D eigenvalue weighted by atomic mass is 10.1. The summed E-state index contributed by atoms with van der Waals surface area (Å²) in [6.45, 7) is 2.26. The maximum atomic E-state index is 12.2. The van der Waals surface area contributed by atoms with Crippen LogP contribution in [0.3, 0.4) is 0 Å². The average Bonchev–Trinajstić information content (AvgIpc) is 3.12. The Hall–Kier alpha value is -3.36. The Balaban J connectivity index is 1.83. The summed E-state index contributed by atoms with van der Waals surface area (Å²) in [6.07, 6.45) is -3.31. The lowest BCUT2D eigenvalue weighted by Gasteiger charge is -2.10. The van der Waals surface area contributed by atoms with Crippen molar-refractivity contribution in [2.24, 2.45) is 0 Å². The van der Waals surface area contributed by atoms with E-state index in [1.54, 1.807) is 25.1 Å². The summed E-state index contributed by atoms with van der Waals surface area (Å²) in [7, 11) is 0. The minimum absolute atomic E-state index is 0.0518. The predicted octanol–water partition coefficient (Wildman–Crippen LogP) is 3.58. The number of aromatic nitrogens is 3. The van der Waals surface area contributed by atoms with Crippen molar-refractivity contribution in [1.29, 1.82) is 0 Å². The molecule has 3 rings (SSSR count). The van der Waals surface area contributed by atoms with E-state index in [9.17, 15) is 18.0 Å². The number of rotatable bonds is 5. The molecule has 0 bridgehead atoms. The molecule has 1 aromatic heterocycles. The molecule has 1 N–H and O–H groups in total. The van der Waals surface area contributed by atoms with Crippen molar-refractivity contribution in [1.82, 2.24) is 20.1 Å². The zero-order valence-corrected chi connectivity index (χ0v) is 14.2. The van der Waals surface area contributed by atoms with Crippen molar-refractivity contribution in [2.75, 3.05) is 6.54 Å². The standard InChI is InChI=1S/C18H15F3N4O2/c1-2-22-17(26)16-23-11-25(24-16)14-5-3-4-13(10-14)12-6-8-15(9-7-12)27-18(19,20)21/h3-11H,2H2,1H3,(H,22,26). The Morgan fingerprint density at radius 2 is 1.89 bits per heavy atom. The summed E-state index contributed by atoms with van der Waals surface area (Å²) in [5, 5.41) is 6.75. The predicted molar refractivity (Wildman–Crippen MR) is 91.5 cm³/mol. The van der Waals surface area contributed by atoms with Crippen LogP contribution < -0.4 is 10.1 Å². The lowest BCUT2D eigenvalue weighted by Crippen LogP contribution is -2.24. The number of carbonyl (C=O) groups excluding carboxylic acids is 1. The topological polar surface area (TPSA) is 69.0 Å². The van der Waals surface area contributed by atoms with Crippen LogP contribution in [0.25, 0.3) is 16.8 Å². The van der Waals surface area contributed by atoms with Crippen molar-refractivity contribution in [3.8, 4) is 22.6 Å². The second-order valence-electron chi connectivity index (χ2n) is 5.49. The number of alkyl halides is 3. The van der Waals surface area contributed by atoms with E-state index in [-0.39, 0.29) is 17.5 Å². The van der Waals surface area contributed by atoms with Gasteiger partial charge in [0, 0.05) is 6.54 Å². The number of hydrogen-bond acceptors (Lipinski definition) is 4. The minimum atomic E-state index is -4.73. The number of carbonyl (C=O) groups is 1. The third-order valence-corrected chi connectivity index (χ3v) is 3.56. The molecule has 0 aliphatic carbocycles. The fraction of sp³-hybridized carbons (Fsp3) is 0.167. The number of amides is 1. The normalized spacial score (nSPS) is 11.3. The Morgan fingerprint density at radius 1 is 1.15 bits per heavy atom. The summed E-state index contributed by atoms with van der Waals surface area (Å²) in [5.74, 6) is -0.603. The summed E-state index contributed by atoms with van der Waals surface area (Å²) in [6, 6.07) is 12.7. The number of nitrogens with zero attached hydrogens (tertiary/aromatic N) is 3. The van der Waals surface area contributed by atoms with Crippen molar-refractivity contribution >= 4 is 5.91 Å². The molecule has 0 saturated carbocycles. The molecule has 3 aromatic rings. The summed E-state index contributed by atoms with van der Waals surface area (Å²) >= 11 is 0. The molecule has 27 heavy (non-hydrogen) atoms. The quantitative estimate of drug-likeness (QED) is 0.739. The van der Waals surface area contributed by atoms with Gasteiger partial charge in [0.1, 0.15) is 12.1 Å². The van der Waals surface area contributed by atoms with E-state index in [0.717, 1.165) is 5.56 Å². The molecule has 0 fully saturated rings. The van der Waals surface area contributed by atoms with Crippen LogP contribution in [0.1, 0.15) is 17.5 Å². The van der Waals surface area contributed by atoms with Gasteiger partial charge in [0.25, 0.3) is 5.91 Å². The molecule has 9 heteroatoms. The number of hydrogen-bond donors (Lipinski definition) is 1. The molecule has 0 saturated heterocycles. The first-order valence-electron chi connectivity index (χ1n) is 8.02. The summed E-state index contributed by atoms with van der Waals surface area (Å²) in [4.78, 5) is 15.7. The first-order chi connectivity index (χ1) is 12.9. The third kappa shape index (κ3) is 4.63.